The van der Waals surface area contributed by atoms with Gasteiger partial charge in [-0.15, -0.1) is 0 Å². The van der Waals surface area contributed by atoms with Gasteiger partial charge < -0.3 is 10.6 Å². The van der Waals surface area contributed by atoms with Gasteiger partial charge in [0, 0.05) is 25.5 Å². The van der Waals surface area contributed by atoms with Gasteiger partial charge in [-0.3, -0.25) is 0 Å². The molecular formula is C14H23N7. The standard InChI is InChI=1S/C14H23N7/c1-3-5-6-7-9-16-13-18-12(15-4-2)19-14(20-13)21-11-8-10-17-21/h8,10-11H,3-7,9H2,1-2H3,(H2,15,16,18,19,20). The van der Waals surface area contributed by atoms with Crippen LogP contribution in [0.15, 0.2) is 18.5 Å². The van der Waals surface area contributed by atoms with E-state index in [1.54, 1.807) is 10.9 Å². The van der Waals surface area contributed by atoms with E-state index in [2.05, 4.69) is 37.6 Å². The minimum atomic E-state index is 0.516. The lowest BCUT2D eigenvalue weighted by molar-refractivity contribution is 0.682. The zero-order valence-corrected chi connectivity index (χ0v) is 12.7. The quantitative estimate of drug-likeness (QED) is 0.690. The number of hydrogen-bond donors (Lipinski definition) is 2. The summed E-state index contributed by atoms with van der Waals surface area (Å²) in [7, 11) is 0. The molecule has 2 N–H and O–H groups in total. The van der Waals surface area contributed by atoms with Crippen LogP contribution >= 0.6 is 0 Å². The summed E-state index contributed by atoms with van der Waals surface area (Å²) in [4.78, 5) is 13.1. The fraction of sp³-hybridized carbons (Fsp3) is 0.571. The Morgan fingerprint density at radius 2 is 1.81 bits per heavy atom. The van der Waals surface area contributed by atoms with E-state index in [-0.39, 0.29) is 0 Å². The second-order valence-corrected chi connectivity index (χ2v) is 4.75. The Kier molecular flexibility index (Phi) is 5.93. The second-order valence-electron chi connectivity index (χ2n) is 4.75. The predicted molar refractivity (Wildman–Crippen MR) is 83.7 cm³/mol. The molecule has 2 aromatic heterocycles. The molecule has 0 bridgehead atoms. The molecule has 7 nitrogen and oxygen atoms in total. The van der Waals surface area contributed by atoms with Crippen LogP contribution in [0.2, 0.25) is 0 Å². The predicted octanol–water partition coefficient (Wildman–Crippen LogP) is 2.48. The van der Waals surface area contributed by atoms with Crippen molar-refractivity contribution in [3.05, 3.63) is 18.5 Å². The van der Waals surface area contributed by atoms with Gasteiger partial charge in [-0.05, 0) is 19.4 Å². The van der Waals surface area contributed by atoms with Gasteiger partial charge in [0.15, 0.2) is 0 Å². The van der Waals surface area contributed by atoms with Gasteiger partial charge in [0.25, 0.3) is 5.95 Å². The van der Waals surface area contributed by atoms with E-state index in [1.165, 1.54) is 19.3 Å². The highest BCUT2D eigenvalue weighted by Gasteiger charge is 2.07. The zero-order chi connectivity index (χ0) is 14.9. The molecule has 0 amide bonds. The molecule has 0 spiro atoms. The lowest BCUT2D eigenvalue weighted by Gasteiger charge is -2.09. The van der Waals surface area contributed by atoms with Crippen molar-refractivity contribution in [2.75, 3.05) is 23.7 Å². The highest BCUT2D eigenvalue weighted by atomic mass is 15.4. The molecule has 7 heteroatoms. The minimum absolute atomic E-state index is 0.516. The van der Waals surface area contributed by atoms with E-state index in [9.17, 15) is 0 Å². The summed E-state index contributed by atoms with van der Waals surface area (Å²) < 4.78 is 1.63. The molecule has 0 atom stereocenters. The molecule has 21 heavy (non-hydrogen) atoms. The van der Waals surface area contributed by atoms with Crippen molar-refractivity contribution in [1.82, 2.24) is 24.7 Å². The lowest BCUT2D eigenvalue weighted by atomic mass is 10.2. The van der Waals surface area contributed by atoms with Gasteiger partial charge in [-0.25, -0.2) is 4.68 Å². The highest BCUT2D eigenvalue weighted by molar-refractivity contribution is 5.37. The van der Waals surface area contributed by atoms with Gasteiger partial charge in [0.05, 0.1) is 0 Å². The Labute approximate surface area is 125 Å². The molecule has 0 aromatic carbocycles. The van der Waals surface area contributed by atoms with Crippen molar-refractivity contribution >= 4 is 11.9 Å². The topological polar surface area (TPSA) is 80.5 Å². The average Bonchev–Trinajstić information content (AvgIpc) is 3.01. The van der Waals surface area contributed by atoms with Gasteiger partial charge in [-0.2, -0.15) is 20.1 Å². The molecule has 114 valence electrons. The fourth-order valence-corrected chi connectivity index (χ4v) is 1.92. The normalized spacial score (nSPS) is 10.6. The molecule has 0 aliphatic heterocycles. The summed E-state index contributed by atoms with van der Waals surface area (Å²) >= 11 is 0. The molecule has 0 unspecified atom stereocenters. The summed E-state index contributed by atoms with van der Waals surface area (Å²) in [6.45, 7) is 5.85. The van der Waals surface area contributed by atoms with Gasteiger partial charge in [-0.1, -0.05) is 26.2 Å². The Morgan fingerprint density at radius 3 is 2.48 bits per heavy atom. The first-order valence-electron chi connectivity index (χ1n) is 7.57. The highest BCUT2D eigenvalue weighted by Crippen LogP contribution is 2.09. The van der Waals surface area contributed by atoms with Crippen LogP contribution in [0.4, 0.5) is 11.9 Å². The van der Waals surface area contributed by atoms with E-state index in [0.717, 1.165) is 19.5 Å². The van der Waals surface area contributed by atoms with Crippen molar-refractivity contribution in [2.24, 2.45) is 0 Å². The number of unbranched alkanes of at least 4 members (excludes halogenated alkanes) is 3. The Morgan fingerprint density at radius 1 is 1.00 bits per heavy atom. The summed E-state index contributed by atoms with van der Waals surface area (Å²) in [5, 5.41) is 10.5. The summed E-state index contributed by atoms with van der Waals surface area (Å²) in [6, 6.07) is 1.84. The van der Waals surface area contributed by atoms with E-state index in [0.29, 0.717) is 17.8 Å². The van der Waals surface area contributed by atoms with Gasteiger partial charge >= 0.3 is 0 Å². The monoisotopic (exact) mass is 289 g/mol. The largest absolute Gasteiger partial charge is 0.354 e. The summed E-state index contributed by atoms with van der Waals surface area (Å²) in [6.07, 6.45) is 8.36. The van der Waals surface area contributed by atoms with Crippen LogP contribution < -0.4 is 10.6 Å². The van der Waals surface area contributed by atoms with Crippen LogP contribution in [0.5, 0.6) is 0 Å². The van der Waals surface area contributed by atoms with Crippen LogP contribution in [0.1, 0.15) is 39.5 Å². The molecule has 0 radical (unpaired) electrons. The third-order valence-electron chi connectivity index (χ3n) is 2.98. The number of rotatable bonds is 9. The van der Waals surface area contributed by atoms with Crippen LogP contribution in [0.3, 0.4) is 0 Å². The van der Waals surface area contributed by atoms with Crippen LogP contribution in [-0.2, 0) is 0 Å². The molecular weight excluding hydrogens is 266 g/mol. The van der Waals surface area contributed by atoms with E-state index in [1.807, 2.05) is 19.2 Å². The smallest absolute Gasteiger partial charge is 0.257 e. The lowest BCUT2D eigenvalue weighted by Crippen LogP contribution is -2.13. The number of hydrogen-bond acceptors (Lipinski definition) is 6. The minimum Gasteiger partial charge on any atom is -0.354 e. The summed E-state index contributed by atoms with van der Waals surface area (Å²) in [5.41, 5.74) is 0. The third-order valence-corrected chi connectivity index (χ3v) is 2.98. The van der Waals surface area contributed by atoms with Crippen molar-refractivity contribution in [2.45, 2.75) is 39.5 Å². The maximum Gasteiger partial charge on any atom is 0.257 e. The second kappa shape index (κ2) is 8.18. The molecule has 2 heterocycles. The number of anilines is 2. The number of nitrogens with zero attached hydrogens (tertiary/aromatic N) is 5. The van der Waals surface area contributed by atoms with E-state index in [4.69, 9.17) is 0 Å². The maximum atomic E-state index is 4.40. The summed E-state index contributed by atoms with van der Waals surface area (Å²) in [5.74, 6) is 1.67. The van der Waals surface area contributed by atoms with E-state index < -0.39 is 0 Å². The van der Waals surface area contributed by atoms with Crippen molar-refractivity contribution in [3.8, 4) is 5.95 Å². The number of aromatic nitrogens is 5. The van der Waals surface area contributed by atoms with Crippen LogP contribution in [0, 0.1) is 0 Å². The molecule has 2 rings (SSSR count). The average molecular weight is 289 g/mol. The van der Waals surface area contributed by atoms with Gasteiger partial charge in [0.1, 0.15) is 0 Å². The van der Waals surface area contributed by atoms with Crippen LogP contribution in [0.25, 0.3) is 5.95 Å². The SMILES string of the molecule is CCCCCCNc1nc(NCC)nc(-n2cccn2)n1. The van der Waals surface area contributed by atoms with E-state index >= 15 is 0 Å². The Balaban J connectivity index is 2.05. The first-order valence-corrected chi connectivity index (χ1v) is 7.57. The first kappa shape index (κ1) is 15.2. The van der Waals surface area contributed by atoms with Gasteiger partial charge in [0.2, 0.25) is 11.9 Å². The van der Waals surface area contributed by atoms with Crippen molar-refractivity contribution in [3.63, 3.8) is 0 Å². The first-order chi connectivity index (χ1) is 10.3. The number of nitrogens with one attached hydrogen (secondary N) is 2. The maximum absolute atomic E-state index is 4.40. The Hall–Kier alpha value is -2.18. The third kappa shape index (κ3) is 4.70. The zero-order valence-electron chi connectivity index (χ0n) is 12.7. The fourth-order valence-electron chi connectivity index (χ4n) is 1.92. The molecule has 0 saturated heterocycles. The molecule has 0 aliphatic carbocycles. The molecule has 2 aromatic rings. The van der Waals surface area contributed by atoms with Crippen molar-refractivity contribution < 1.29 is 0 Å². The molecule has 0 saturated carbocycles. The van der Waals surface area contributed by atoms with Crippen molar-refractivity contribution in [1.29, 1.82) is 0 Å². The molecule has 0 fully saturated rings. The Bertz CT molecular complexity index is 524. The molecule has 0 aliphatic rings. The van der Waals surface area contributed by atoms with Crippen LogP contribution in [-0.4, -0.2) is 37.8 Å².